The van der Waals surface area contributed by atoms with Crippen LogP contribution < -0.4 is 10.6 Å². The van der Waals surface area contributed by atoms with E-state index in [-0.39, 0.29) is 5.91 Å². The maximum atomic E-state index is 11.7. The molecule has 0 radical (unpaired) electrons. The highest BCUT2D eigenvalue weighted by atomic mass is 16.5. The van der Waals surface area contributed by atoms with Gasteiger partial charge in [-0.2, -0.15) is 0 Å². The molecule has 5 nitrogen and oxygen atoms in total. The molecule has 1 atom stereocenters. The second-order valence-corrected chi connectivity index (χ2v) is 5.75. The molecular formula is C14H28N2O3. The van der Waals surface area contributed by atoms with Crippen LogP contribution in [0.15, 0.2) is 0 Å². The van der Waals surface area contributed by atoms with Gasteiger partial charge in [-0.15, -0.1) is 0 Å². The van der Waals surface area contributed by atoms with Gasteiger partial charge < -0.3 is 20.5 Å². The van der Waals surface area contributed by atoms with Crippen molar-refractivity contribution >= 4 is 5.91 Å². The minimum absolute atomic E-state index is 0.0382. The molecule has 1 rings (SSSR count). The predicted molar refractivity (Wildman–Crippen MR) is 75.0 cm³/mol. The molecule has 0 bridgehead atoms. The van der Waals surface area contributed by atoms with Crippen molar-refractivity contribution in [3.63, 3.8) is 0 Å². The van der Waals surface area contributed by atoms with Crippen LogP contribution in [-0.2, 0) is 9.53 Å². The third-order valence-electron chi connectivity index (χ3n) is 3.75. The Labute approximate surface area is 116 Å². The van der Waals surface area contributed by atoms with Crippen molar-refractivity contribution in [2.24, 2.45) is 5.92 Å². The van der Waals surface area contributed by atoms with Crippen molar-refractivity contribution in [1.82, 2.24) is 10.6 Å². The first kappa shape index (κ1) is 16.4. The van der Waals surface area contributed by atoms with Crippen LogP contribution in [0.25, 0.3) is 0 Å². The Morgan fingerprint density at radius 1 is 1.47 bits per heavy atom. The highest BCUT2D eigenvalue weighted by Gasteiger charge is 2.21. The van der Waals surface area contributed by atoms with Gasteiger partial charge in [0.15, 0.2) is 0 Å². The summed E-state index contributed by atoms with van der Waals surface area (Å²) in [5.41, 5.74) is -0.888. The van der Waals surface area contributed by atoms with Gasteiger partial charge in [-0.25, -0.2) is 0 Å². The summed E-state index contributed by atoms with van der Waals surface area (Å²) >= 11 is 0. The van der Waals surface area contributed by atoms with Crippen LogP contribution in [0.1, 0.15) is 39.0 Å². The summed E-state index contributed by atoms with van der Waals surface area (Å²) in [5.74, 6) is 0.706. The highest BCUT2D eigenvalue weighted by molar-refractivity contribution is 5.75. The van der Waals surface area contributed by atoms with Crippen molar-refractivity contribution in [2.75, 3.05) is 33.4 Å². The Balaban J connectivity index is 2.12. The lowest BCUT2D eigenvalue weighted by molar-refractivity contribution is -0.122. The van der Waals surface area contributed by atoms with E-state index < -0.39 is 5.60 Å². The Bertz CT molecular complexity index is 263. The zero-order valence-electron chi connectivity index (χ0n) is 12.2. The van der Waals surface area contributed by atoms with E-state index in [2.05, 4.69) is 10.6 Å². The van der Waals surface area contributed by atoms with Crippen LogP contribution in [0, 0.1) is 5.92 Å². The minimum atomic E-state index is -0.888. The standard InChI is InChI=1S/C14H28N2O3/c1-14(18,7-10-19-2)11-16-13(17)4-3-12-5-8-15-9-6-12/h12,15,18H,3-11H2,1-2H3,(H,16,17). The summed E-state index contributed by atoms with van der Waals surface area (Å²) in [6.45, 7) is 4.65. The molecule has 1 saturated heterocycles. The smallest absolute Gasteiger partial charge is 0.220 e. The molecule has 0 saturated carbocycles. The van der Waals surface area contributed by atoms with Crippen LogP contribution >= 0.6 is 0 Å². The van der Waals surface area contributed by atoms with Crippen LogP contribution in [0.4, 0.5) is 0 Å². The summed E-state index contributed by atoms with van der Waals surface area (Å²) in [4.78, 5) is 11.7. The lowest BCUT2D eigenvalue weighted by atomic mass is 9.93. The van der Waals surface area contributed by atoms with Crippen molar-refractivity contribution in [3.8, 4) is 0 Å². The second kappa shape index (κ2) is 8.51. The fourth-order valence-corrected chi connectivity index (χ4v) is 2.29. The van der Waals surface area contributed by atoms with E-state index in [9.17, 15) is 9.90 Å². The number of piperidine rings is 1. The normalized spacial score (nSPS) is 19.9. The number of carbonyl (C=O) groups is 1. The van der Waals surface area contributed by atoms with Crippen LogP contribution in [0.3, 0.4) is 0 Å². The van der Waals surface area contributed by atoms with E-state index in [0.29, 0.717) is 31.9 Å². The molecule has 1 fully saturated rings. The Morgan fingerprint density at radius 3 is 2.79 bits per heavy atom. The first-order valence-corrected chi connectivity index (χ1v) is 7.22. The van der Waals surface area contributed by atoms with Gasteiger partial charge in [-0.3, -0.25) is 4.79 Å². The zero-order chi connectivity index (χ0) is 14.1. The third kappa shape index (κ3) is 7.50. The molecule has 1 heterocycles. The van der Waals surface area contributed by atoms with Gasteiger partial charge in [0.05, 0.1) is 5.60 Å². The summed E-state index contributed by atoms with van der Waals surface area (Å²) in [6.07, 6.45) is 4.37. The van der Waals surface area contributed by atoms with Gasteiger partial charge in [0.2, 0.25) is 5.91 Å². The number of methoxy groups -OCH3 is 1. The summed E-state index contributed by atoms with van der Waals surface area (Å²) in [6, 6.07) is 0. The Morgan fingerprint density at radius 2 is 2.16 bits per heavy atom. The second-order valence-electron chi connectivity index (χ2n) is 5.75. The maximum Gasteiger partial charge on any atom is 0.220 e. The van der Waals surface area contributed by atoms with E-state index in [4.69, 9.17) is 4.74 Å². The Kier molecular flexibility index (Phi) is 7.34. The van der Waals surface area contributed by atoms with Gasteiger partial charge in [0.25, 0.3) is 0 Å². The average Bonchev–Trinajstić information content (AvgIpc) is 2.42. The molecule has 0 aromatic carbocycles. The SMILES string of the molecule is COCCC(C)(O)CNC(=O)CCC1CCNCC1. The fraction of sp³-hybridized carbons (Fsp3) is 0.929. The quantitative estimate of drug-likeness (QED) is 0.607. The van der Waals surface area contributed by atoms with Gasteiger partial charge >= 0.3 is 0 Å². The molecule has 112 valence electrons. The molecule has 1 unspecified atom stereocenters. The molecule has 5 heteroatoms. The van der Waals surface area contributed by atoms with E-state index in [1.807, 2.05) is 0 Å². The number of ether oxygens (including phenoxy) is 1. The first-order valence-electron chi connectivity index (χ1n) is 7.22. The zero-order valence-corrected chi connectivity index (χ0v) is 12.2. The summed E-state index contributed by atoms with van der Waals surface area (Å²) < 4.78 is 4.93. The van der Waals surface area contributed by atoms with Gasteiger partial charge in [0.1, 0.15) is 0 Å². The predicted octanol–water partition coefficient (Wildman–Crippen LogP) is 0.670. The van der Waals surface area contributed by atoms with Gasteiger partial charge in [-0.05, 0) is 45.2 Å². The molecule has 3 N–H and O–H groups in total. The molecule has 19 heavy (non-hydrogen) atoms. The average molecular weight is 272 g/mol. The number of hydrogen-bond donors (Lipinski definition) is 3. The van der Waals surface area contributed by atoms with Crippen molar-refractivity contribution in [3.05, 3.63) is 0 Å². The molecule has 1 aliphatic heterocycles. The number of hydrogen-bond acceptors (Lipinski definition) is 4. The first-order chi connectivity index (χ1) is 9.03. The topological polar surface area (TPSA) is 70.6 Å². The monoisotopic (exact) mass is 272 g/mol. The van der Waals surface area contributed by atoms with E-state index >= 15 is 0 Å². The largest absolute Gasteiger partial charge is 0.388 e. The third-order valence-corrected chi connectivity index (χ3v) is 3.75. The number of amides is 1. The van der Waals surface area contributed by atoms with E-state index in [0.717, 1.165) is 19.5 Å². The summed E-state index contributed by atoms with van der Waals surface area (Å²) in [5, 5.41) is 16.1. The van der Waals surface area contributed by atoms with Crippen molar-refractivity contribution < 1.29 is 14.6 Å². The molecule has 0 aromatic rings. The van der Waals surface area contributed by atoms with Crippen LogP contribution in [0.5, 0.6) is 0 Å². The van der Waals surface area contributed by atoms with Crippen molar-refractivity contribution in [2.45, 2.75) is 44.6 Å². The molecule has 0 spiro atoms. The number of carbonyl (C=O) groups excluding carboxylic acids is 1. The number of rotatable bonds is 8. The number of aliphatic hydroxyl groups is 1. The highest BCUT2D eigenvalue weighted by Crippen LogP contribution is 2.17. The molecule has 0 aromatic heterocycles. The Hall–Kier alpha value is -0.650. The molecule has 0 aliphatic carbocycles. The van der Waals surface area contributed by atoms with Crippen molar-refractivity contribution in [1.29, 1.82) is 0 Å². The number of nitrogens with one attached hydrogen (secondary N) is 2. The van der Waals surface area contributed by atoms with Crippen LogP contribution in [0.2, 0.25) is 0 Å². The molecule has 1 amide bonds. The van der Waals surface area contributed by atoms with E-state index in [1.54, 1.807) is 14.0 Å². The minimum Gasteiger partial charge on any atom is -0.388 e. The lowest BCUT2D eigenvalue weighted by Gasteiger charge is -2.24. The van der Waals surface area contributed by atoms with E-state index in [1.165, 1.54) is 12.8 Å². The molecular weight excluding hydrogens is 244 g/mol. The molecule has 1 aliphatic rings. The summed E-state index contributed by atoms with van der Waals surface area (Å²) in [7, 11) is 1.60. The lowest BCUT2D eigenvalue weighted by Crippen LogP contribution is -2.41. The van der Waals surface area contributed by atoms with Crippen LogP contribution in [-0.4, -0.2) is 50.0 Å². The fourth-order valence-electron chi connectivity index (χ4n) is 2.29. The van der Waals surface area contributed by atoms with Gasteiger partial charge in [-0.1, -0.05) is 0 Å². The van der Waals surface area contributed by atoms with Gasteiger partial charge in [0, 0.05) is 33.1 Å². The maximum absolute atomic E-state index is 11.7.